The molecule has 0 saturated carbocycles. The first-order valence-electron chi connectivity index (χ1n) is 8.27. The standard InChI is InChI=1S/C18H10F6N4O3/c19-17(20,21)13-3-1-2-4-14(13)25-9-12-15(18(22,23)24)26-27(16(12)29)10-5-7-11(8-6-10)28(30)31/h1-9,26H. The third-order valence-corrected chi connectivity index (χ3v) is 4.07. The van der Waals surface area contributed by atoms with Crippen molar-refractivity contribution in [2.45, 2.75) is 12.4 Å². The SMILES string of the molecule is O=c1c(C=Nc2ccccc2C(F)(F)F)c(C(F)(F)F)[nH]n1-c1ccc([N+](=O)[O-])cc1. The summed E-state index contributed by atoms with van der Waals surface area (Å²) in [6.45, 7) is 0. The minimum absolute atomic E-state index is 0.156. The molecule has 162 valence electrons. The Labute approximate surface area is 168 Å². The van der Waals surface area contributed by atoms with Crippen molar-refractivity contribution in [1.82, 2.24) is 9.78 Å². The second kappa shape index (κ2) is 7.74. The highest BCUT2D eigenvalue weighted by molar-refractivity contribution is 5.83. The lowest BCUT2D eigenvalue weighted by Gasteiger charge is -2.09. The molecule has 0 aliphatic heterocycles. The fourth-order valence-electron chi connectivity index (χ4n) is 2.65. The van der Waals surface area contributed by atoms with Crippen LogP contribution < -0.4 is 5.56 Å². The van der Waals surface area contributed by atoms with Crippen LogP contribution in [0, 0.1) is 10.1 Å². The van der Waals surface area contributed by atoms with Crippen molar-refractivity contribution in [2.24, 2.45) is 4.99 Å². The number of aliphatic imine (C=N–C) groups is 1. The summed E-state index contributed by atoms with van der Waals surface area (Å²) in [5.41, 5.74) is -6.20. The van der Waals surface area contributed by atoms with Crippen molar-refractivity contribution in [3.05, 3.63) is 85.8 Å². The third-order valence-electron chi connectivity index (χ3n) is 4.07. The summed E-state index contributed by atoms with van der Waals surface area (Å²) in [7, 11) is 0. The number of aromatic amines is 1. The number of nitrogens with zero attached hydrogens (tertiary/aromatic N) is 3. The summed E-state index contributed by atoms with van der Waals surface area (Å²) in [5, 5.41) is 12.5. The van der Waals surface area contributed by atoms with Gasteiger partial charge in [0.2, 0.25) is 0 Å². The minimum Gasteiger partial charge on any atom is -0.286 e. The molecule has 0 unspecified atom stereocenters. The molecule has 0 radical (unpaired) electrons. The maximum Gasteiger partial charge on any atom is 0.433 e. The zero-order valence-corrected chi connectivity index (χ0v) is 15.0. The van der Waals surface area contributed by atoms with Crippen molar-refractivity contribution in [3.8, 4) is 5.69 Å². The number of halogens is 6. The van der Waals surface area contributed by atoms with Gasteiger partial charge in [-0.3, -0.25) is 25.0 Å². The number of aromatic nitrogens is 2. The first kappa shape index (κ1) is 21.8. The summed E-state index contributed by atoms with van der Waals surface area (Å²) < 4.78 is 79.9. The Morgan fingerprint density at radius 1 is 0.968 bits per heavy atom. The Kier molecular flexibility index (Phi) is 5.44. The van der Waals surface area contributed by atoms with E-state index >= 15 is 0 Å². The lowest BCUT2D eigenvalue weighted by molar-refractivity contribution is -0.384. The number of nitro groups is 1. The molecule has 0 amide bonds. The Morgan fingerprint density at radius 2 is 1.58 bits per heavy atom. The van der Waals surface area contributed by atoms with Crippen LogP contribution in [0.15, 0.2) is 58.3 Å². The van der Waals surface area contributed by atoms with Crippen LogP contribution in [0.2, 0.25) is 0 Å². The molecule has 0 spiro atoms. The highest BCUT2D eigenvalue weighted by Gasteiger charge is 2.38. The van der Waals surface area contributed by atoms with Gasteiger partial charge in [0.15, 0.2) is 5.69 Å². The molecule has 0 bridgehead atoms. The highest BCUT2D eigenvalue weighted by Crippen LogP contribution is 2.36. The van der Waals surface area contributed by atoms with Gasteiger partial charge in [-0.25, -0.2) is 4.68 Å². The van der Waals surface area contributed by atoms with Crippen molar-refractivity contribution >= 4 is 17.6 Å². The normalized spacial score (nSPS) is 12.5. The van der Waals surface area contributed by atoms with Gasteiger partial charge in [-0.05, 0) is 24.3 Å². The van der Waals surface area contributed by atoms with E-state index in [4.69, 9.17) is 0 Å². The molecule has 3 rings (SSSR count). The monoisotopic (exact) mass is 444 g/mol. The van der Waals surface area contributed by atoms with E-state index < -0.39 is 45.3 Å². The average molecular weight is 444 g/mol. The van der Waals surface area contributed by atoms with Gasteiger partial charge in [0.25, 0.3) is 11.2 Å². The molecule has 7 nitrogen and oxygen atoms in total. The number of rotatable bonds is 4. The molecule has 0 aliphatic rings. The molecule has 2 aromatic carbocycles. The van der Waals surface area contributed by atoms with Gasteiger partial charge in [0, 0.05) is 18.3 Å². The van der Waals surface area contributed by atoms with Crippen LogP contribution in [0.4, 0.5) is 37.7 Å². The molecular weight excluding hydrogens is 434 g/mol. The number of non-ortho nitro benzene ring substituents is 1. The molecule has 0 aliphatic carbocycles. The van der Waals surface area contributed by atoms with E-state index in [-0.39, 0.29) is 11.4 Å². The fraction of sp³-hybridized carbons (Fsp3) is 0.111. The largest absolute Gasteiger partial charge is 0.433 e. The predicted molar refractivity (Wildman–Crippen MR) is 96.7 cm³/mol. The van der Waals surface area contributed by atoms with Gasteiger partial charge in [-0.1, -0.05) is 12.1 Å². The van der Waals surface area contributed by atoms with E-state index in [1.165, 1.54) is 6.07 Å². The molecule has 0 fully saturated rings. The molecule has 1 N–H and O–H groups in total. The smallest absolute Gasteiger partial charge is 0.286 e. The number of para-hydroxylation sites is 1. The van der Waals surface area contributed by atoms with Crippen molar-refractivity contribution in [1.29, 1.82) is 0 Å². The minimum atomic E-state index is -5.06. The van der Waals surface area contributed by atoms with Crippen LogP contribution >= 0.6 is 0 Å². The lowest BCUT2D eigenvalue weighted by atomic mass is 10.1. The van der Waals surface area contributed by atoms with E-state index in [0.717, 1.165) is 36.4 Å². The van der Waals surface area contributed by atoms with E-state index in [1.807, 2.05) is 5.10 Å². The van der Waals surface area contributed by atoms with Crippen LogP contribution in [-0.4, -0.2) is 20.9 Å². The van der Waals surface area contributed by atoms with Crippen LogP contribution in [-0.2, 0) is 12.4 Å². The molecule has 13 heteroatoms. The summed E-state index contributed by atoms with van der Waals surface area (Å²) in [4.78, 5) is 26.0. The molecular formula is C18H10F6N4O3. The zero-order chi connectivity index (χ0) is 23.0. The summed E-state index contributed by atoms with van der Waals surface area (Å²) in [5.74, 6) is 0. The van der Waals surface area contributed by atoms with E-state index in [1.54, 1.807) is 0 Å². The van der Waals surface area contributed by atoms with Crippen LogP contribution in [0.3, 0.4) is 0 Å². The lowest BCUT2D eigenvalue weighted by Crippen LogP contribution is -2.17. The maximum absolute atomic E-state index is 13.4. The Balaban J connectivity index is 2.12. The summed E-state index contributed by atoms with van der Waals surface area (Å²) >= 11 is 0. The first-order chi connectivity index (χ1) is 14.4. The topological polar surface area (TPSA) is 93.3 Å². The number of hydrogen-bond donors (Lipinski definition) is 1. The maximum atomic E-state index is 13.4. The molecule has 0 saturated heterocycles. The molecule has 3 aromatic rings. The number of nitro benzene ring substituents is 1. The Morgan fingerprint density at radius 3 is 2.13 bits per heavy atom. The van der Waals surface area contributed by atoms with Gasteiger partial charge >= 0.3 is 12.4 Å². The Bertz CT molecular complexity index is 1210. The number of benzene rings is 2. The van der Waals surface area contributed by atoms with E-state index in [0.29, 0.717) is 17.0 Å². The van der Waals surface area contributed by atoms with E-state index in [9.17, 15) is 41.3 Å². The van der Waals surface area contributed by atoms with Gasteiger partial charge in [-0.15, -0.1) is 0 Å². The molecule has 0 atom stereocenters. The number of alkyl halides is 6. The molecule has 1 heterocycles. The summed E-state index contributed by atoms with van der Waals surface area (Å²) in [6, 6.07) is 7.95. The molecule has 1 aromatic heterocycles. The van der Waals surface area contributed by atoms with Crippen molar-refractivity contribution in [3.63, 3.8) is 0 Å². The van der Waals surface area contributed by atoms with Crippen LogP contribution in [0.25, 0.3) is 5.69 Å². The fourth-order valence-corrected chi connectivity index (χ4v) is 2.65. The van der Waals surface area contributed by atoms with Crippen LogP contribution in [0.5, 0.6) is 0 Å². The number of H-pyrrole nitrogens is 1. The average Bonchev–Trinajstić information content (AvgIpc) is 3.02. The Hall–Kier alpha value is -3.90. The number of hydrogen-bond acceptors (Lipinski definition) is 4. The zero-order valence-electron chi connectivity index (χ0n) is 15.0. The van der Waals surface area contributed by atoms with Gasteiger partial charge < -0.3 is 0 Å². The van der Waals surface area contributed by atoms with Gasteiger partial charge in [0.1, 0.15) is 0 Å². The van der Waals surface area contributed by atoms with Crippen LogP contribution in [0.1, 0.15) is 16.8 Å². The molecule has 31 heavy (non-hydrogen) atoms. The van der Waals surface area contributed by atoms with Crippen molar-refractivity contribution < 1.29 is 31.3 Å². The van der Waals surface area contributed by atoms with Gasteiger partial charge in [0.05, 0.1) is 27.4 Å². The van der Waals surface area contributed by atoms with E-state index in [2.05, 4.69) is 4.99 Å². The summed E-state index contributed by atoms with van der Waals surface area (Å²) in [6.07, 6.45) is -9.47. The van der Waals surface area contributed by atoms with Crippen molar-refractivity contribution in [2.75, 3.05) is 0 Å². The second-order valence-corrected chi connectivity index (χ2v) is 6.09. The highest BCUT2D eigenvalue weighted by atomic mass is 19.4. The first-order valence-corrected chi connectivity index (χ1v) is 8.27. The van der Waals surface area contributed by atoms with Gasteiger partial charge in [-0.2, -0.15) is 26.3 Å². The predicted octanol–water partition coefficient (Wildman–Crippen LogP) is 4.86. The quantitative estimate of drug-likeness (QED) is 0.270. The number of nitrogens with one attached hydrogen (secondary N) is 1. The third kappa shape index (κ3) is 4.49. The second-order valence-electron chi connectivity index (χ2n) is 6.09.